The summed E-state index contributed by atoms with van der Waals surface area (Å²) < 4.78 is 0. The molecular weight excluding hydrogens is 230 g/mol. The van der Waals surface area contributed by atoms with Crippen LogP contribution in [0, 0.1) is 0 Å². The number of hydrogen-bond acceptors (Lipinski definition) is 1. The van der Waals surface area contributed by atoms with Crippen molar-refractivity contribution in [3.63, 3.8) is 0 Å². The summed E-state index contributed by atoms with van der Waals surface area (Å²) in [7, 11) is 0. The molecule has 0 saturated heterocycles. The predicted octanol–water partition coefficient (Wildman–Crippen LogP) is 4.42. The molecule has 0 bridgehead atoms. The van der Waals surface area contributed by atoms with Crippen LogP contribution in [0.1, 0.15) is 68.9 Å². The average molecular weight is 257 g/mol. The quantitative estimate of drug-likeness (QED) is 0.823. The van der Waals surface area contributed by atoms with E-state index in [1.54, 1.807) is 5.56 Å². The third-order valence-corrected chi connectivity index (χ3v) is 4.70. The van der Waals surface area contributed by atoms with Gasteiger partial charge in [-0.1, -0.05) is 43.5 Å². The van der Waals surface area contributed by atoms with E-state index in [1.807, 2.05) is 0 Å². The zero-order valence-electron chi connectivity index (χ0n) is 12.2. The number of nitrogens with one attached hydrogen (secondary N) is 1. The van der Waals surface area contributed by atoms with Crippen LogP contribution >= 0.6 is 0 Å². The first-order valence-electron chi connectivity index (χ1n) is 8.16. The van der Waals surface area contributed by atoms with E-state index in [1.165, 1.54) is 56.9 Å². The average Bonchev–Trinajstić information content (AvgIpc) is 3.24. The van der Waals surface area contributed by atoms with Gasteiger partial charge in [0.2, 0.25) is 0 Å². The lowest BCUT2D eigenvalue weighted by molar-refractivity contribution is 0.443. The van der Waals surface area contributed by atoms with E-state index in [4.69, 9.17) is 0 Å². The molecule has 0 aliphatic heterocycles. The van der Waals surface area contributed by atoms with Gasteiger partial charge in [-0.3, -0.25) is 0 Å². The molecule has 2 aliphatic rings. The molecule has 0 radical (unpaired) electrons. The highest BCUT2D eigenvalue weighted by atomic mass is 15.0. The SMILES string of the molecule is CC(Cc1ccc(C2CCCCC2)cc1)NC1CC1. The maximum Gasteiger partial charge on any atom is 0.00817 e. The summed E-state index contributed by atoms with van der Waals surface area (Å²) in [4.78, 5) is 0. The smallest absolute Gasteiger partial charge is 0.00817 e. The minimum Gasteiger partial charge on any atom is -0.311 e. The van der Waals surface area contributed by atoms with E-state index in [0.29, 0.717) is 6.04 Å². The van der Waals surface area contributed by atoms with Crippen molar-refractivity contribution in [2.24, 2.45) is 0 Å². The maximum atomic E-state index is 3.68. The summed E-state index contributed by atoms with van der Waals surface area (Å²) in [5.41, 5.74) is 3.06. The fourth-order valence-electron chi connectivity index (χ4n) is 3.43. The van der Waals surface area contributed by atoms with E-state index >= 15 is 0 Å². The van der Waals surface area contributed by atoms with Gasteiger partial charge in [-0.2, -0.15) is 0 Å². The third-order valence-electron chi connectivity index (χ3n) is 4.70. The van der Waals surface area contributed by atoms with Crippen molar-refractivity contribution in [1.29, 1.82) is 0 Å². The molecule has 0 aromatic heterocycles. The Balaban J connectivity index is 1.55. The molecule has 3 rings (SSSR count). The minimum absolute atomic E-state index is 0.619. The molecule has 1 unspecified atom stereocenters. The molecule has 0 heterocycles. The molecule has 1 nitrogen and oxygen atoms in total. The molecule has 1 aromatic carbocycles. The second-order valence-electron chi connectivity index (χ2n) is 6.62. The highest BCUT2D eigenvalue weighted by Gasteiger charge is 2.22. The Bertz CT molecular complexity index is 385. The summed E-state index contributed by atoms with van der Waals surface area (Å²) in [6, 6.07) is 10.9. The van der Waals surface area contributed by atoms with Gasteiger partial charge in [0, 0.05) is 12.1 Å². The molecule has 1 aromatic rings. The summed E-state index contributed by atoms with van der Waals surface area (Å²) in [5.74, 6) is 0.838. The Labute approximate surface area is 117 Å². The highest BCUT2D eigenvalue weighted by molar-refractivity contribution is 5.26. The molecule has 2 fully saturated rings. The molecule has 104 valence electrons. The summed E-state index contributed by atoms with van der Waals surface area (Å²) >= 11 is 0. The van der Waals surface area contributed by atoms with E-state index in [-0.39, 0.29) is 0 Å². The van der Waals surface area contributed by atoms with Crippen LogP contribution in [0.2, 0.25) is 0 Å². The zero-order chi connectivity index (χ0) is 13.1. The van der Waals surface area contributed by atoms with Crippen LogP contribution in [-0.2, 0) is 6.42 Å². The topological polar surface area (TPSA) is 12.0 Å². The molecule has 2 saturated carbocycles. The van der Waals surface area contributed by atoms with Crippen molar-refractivity contribution in [2.45, 2.75) is 76.3 Å². The highest BCUT2D eigenvalue weighted by Crippen LogP contribution is 2.32. The second kappa shape index (κ2) is 6.09. The molecule has 1 atom stereocenters. The Morgan fingerprint density at radius 2 is 1.68 bits per heavy atom. The Morgan fingerprint density at radius 1 is 1.00 bits per heavy atom. The summed E-state index contributed by atoms with van der Waals surface area (Å²) in [5, 5.41) is 3.68. The first-order valence-corrected chi connectivity index (χ1v) is 8.16. The third kappa shape index (κ3) is 3.82. The van der Waals surface area contributed by atoms with Crippen molar-refractivity contribution in [2.75, 3.05) is 0 Å². The van der Waals surface area contributed by atoms with Gasteiger partial charge in [-0.15, -0.1) is 0 Å². The molecule has 19 heavy (non-hydrogen) atoms. The number of hydrogen-bond donors (Lipinski definition) is 1. The van der Waals surface area contributed by atoms with Crippen LogP contribution in [0.4, 0.5) is 0 Å². The van der Waals surface area contributed by atoms with Gasteiger partial charge in [0.15, 0.2) is 0 Å². The molecule has 0 amide bonds. The molecule has 0 spiro atoms. The first kappa shape index (κ1) is 13.2. The van der Waals surface area contributed by atoms with E-state index in [0.717, 1.165) is 12.0 Å². The standard InChI is InChI=1S/C18H27N/c1-14(19-18-11-12-18)13-15-7-9-17(10-8-15)16-5-3-2-4-6-16/h7-10,14,16,18-19H,2-6,11-13H2,1H3. The normalized spacial score (nSPS) is 22.4. The Hall–Kier alpha value is -0.820. The van der Waals surface area contributed by atoms with E-state index in [9.17, 15) is 0 Å². The van der Waals surface area contributed by atoms with E-state index < -0.39 is 0 Å². The Morgan fingerprint density at radius 3 is 2.32 bits per heavy atom. The monoisotopic (exact) mass is 257 g/mol. The van der Waals surface area contributed by atoms with Crippen molar-refractivity contribution in [1.82, 2.24) is 5.32 Å². The maximum absolute atomic E-state index is 3.68. The molecule has 1 heteroatoms. The van der Waals surface area contributed by atoms with Crippen molar-refractivity contribution in [3.8, 4) is 0 Å². The fourth-order valence-corrected chi connectivity index (χ4v) is 3.43. The van der Waals surface area contributed by atoms with Crippen LogP contribution < -0.4 is 5.32 Å². The second-order valence-corrected chi connectivity index (χ2v) is 6.62. The Kier molecular flexibility index (Phi) is 4.22. The van der Waals surface area contributed by atoms with Crippen LogP contribution in [-0.4, -0.2) is 12.1 Å². The predicted molar refractivity (Wildman–Crippen MR) is 81.6 cm³/mol. The lowest BCUT2D eigenvalue weighted by Crippen LogP contribution is -2.29. The largest absolute Gasteiger partial charge is 0.311 e. The van der Waals surface area contributed by atoms with Crippen molar-refractivity contribution in [3.05, 3.63) is 35.4 Å². The van der Waals surface area contributed by atoms with Gasteiger partial charge in [0.1, 0.15) is 0 Å². The number of benzene rings is 1. The van der Waals surface area contributed by atoms with Crippen molar-refractivity contribution < 1.29 is 0 Å². The fraction of sp³-hybridized carbons (Fsp3) is 0.667. The van der Waals surface area contributed by atoms with Gasteiger partial charge in [0.25, 0.3) is 0 Å². The van der Waals surface area contributed by atoms with Gasteiger partial charge in [-0.05, 0) is 56.1 Å². The lowest BCUT2D eigenvalue weighted by atomic mass is 9.84. The van der Waals surface area contributed by atoms with Gasteiger partial charge >= 0.3 is 0 Å². The van der Waals surface area contributed by atoms with Crippen LogP contribution in [0.25, 0.3) is 0 Å². The molecule has 1 N–H and O–H groups in total. The minimum atomic E-state index is 0.619. The van der Waals surface area contributed by atoms with E-state index in [2.05, 4.69) is 36.5 Å². The van der Waals surface area contributed by atoms with Gasteiger partial charge in [0.05, 0.1) is 0 Å². The van der Waals surface area contributed by atoms with Crippen LogP contribution in [0.5, 0.6) is 0 Å². The van der Waals surface area contributed by atoms with Crippen LogP contribution in [0.3, 0.4) is 0 Å². The van der Waals surface area contributed by atoms with Gasteiger partial charge in [-0.25, -0.2) is 0 Å². The molecular formula is C18H27N. The zero-order valence-corrected chi connectivity index (χ0v) is 12.2. The molecule has 2 aliphatic carbocycles. The summed E-state index contributed by atoms with van der Waals surface area (Å²) in [6.07, 6.45) is 11.0. The van der Waals surface area contributed by atoms with Crippen LogP contribution in [0.15, 0.2) is 24.3 Å². The van der Waals surface area contributed by atoms with Crippen molar-refractivity contribution >= 4 is 0 Å². The van der Waals surface area contributed by atoms with Gasteiger partial charge < -0.3 is 5.32 Å². The number of rotatable bonds is 5. The first-order chi connectivity index (χ1) is 9.31. The summed E-state index contributed by atoms with van der Waals surface area (Å²) in [6.45, 7) is 2.31. The lowest BCUT2D eigenvalue weighted by Gasteiger charge is -2.22.